The van der Waals surface area contributed by atoms with Crippen molar-refractivity contribution in [1.82, 2.24) is 14.9 Å². The fraction of sp³-hybridized carbons (Fsp3) is 0.174. The summed E-state index contributed by atoms with van der Waals surface area (Å²) in [4.78, 5) is 12.5. The number of sulfonamides is 1. The predicted octanol–water partition coefficient (Wildman–Crippen LogP) is 4.58. The maximum Gasteiger partial charge on any atom is 0.271 e. The van der Waals surface area contributed by atoms with Gasteiger partial charge in [-0.1, -0.05) is 35.0 Å². The second kappa shape index (κ2) is 8.49. The lowest BCUT2D eigenvalue weighted by Gasteiger charge is -2.13. The normalized spacial score (nSPS) is 11.5. The lowest BCUT2D eigenvalue weighted by Crippen LogP contribution is -2.21. The zero-order chi connectivity index (χ0) is 23.9. The predicted molar refractivity (Wildman–Crippen MR) is 127 cm³/mol. The zero-order valence-corrected chi connectivity index (χ0v) is 20.0. The summed E-state index contributed by atoms with van der Waals surface area (Å²) in [5, 5.41) is 8.61. The number of halogens is 1. The summed E-state index contributed by atoms with van der Waals surface area (Å²) >= 11 is 6.21. The van der Waals surface area contributed by atoms with Crippen LogP contribution in [0.5, 0.6) is 0 Å². The molecule has 0 saturated heterocycles. The molecule has 10 heteroatoms. The number of nitrogens with zero attached hydrogens (tertiary/aromatic N) is 3. The van der Waals surface area contributed by atoms with Gasteiger partial charge in [-0.25, -0.2) is 8.42 Å². The van der Waals surface area contributed by atoms with Gasteiger partial charge in [0.2, 0.25) is 0 Å². The van der Waals surface area contributed by atoms with Crippen molar-refractivity contribution in [2.75, 3.05) is 4.72 Å². The molecule has 4 aromatic rings. The number of hydrogen-bond acceptors (Lipinski definition) is 6. The summed E-state index contributed by atoms with van der Waals surface area (Å²) in [7, 11) is -3.94. The molecule has 0 saturated carbocycles. The van der Waals surface area contributed by atoms with Gasteiger partial charge in [0.15, 0.2) is 5.76 Å². The first kappa shape index (κ1) is 22.8. The number of hydrogen-bond donors (Lipinski definition) is 1. The van der Waals surface area contributed by atoms with Crippen LogP contribution in [0.3, 0.4) is 0 Å². The van der Waals surface area contributed by atoms with Crippen molar-refractivity contribution in [3.63, 3.8) is 0 Å². The molecule has 0 bridgehead atoms. The first-order valence-corrected chi connectivity index (χ1v) is 11.9. The van der Waals surface area contributed by atoms with Crippen molar-refractivity contribution in [2.24, 2.45) is 0 Å². The van der Waals surface area contributed by atoms with Gasteiger partial charge in [0.05, 0.1) is 21.3 Å². The number of rotatable bonds is 5. The molecular formula is C23H21ClN4O4S. The van der Waals surface area contributed by atoms with Crippen LogP contribution in [0.2, 0.25) is 5.02 Å². The van der Waals surface area contributed by atoms with E-state index in [2.05, 4.69) is 15.0 Å². The molecule has 2 aromatic carbocycles. The molecule has 0 fully saturated rings. The Labute approximate surface area is 195 Å². The third kappa shape index (κ3) is 4.42. The van der Waals surface area contributed by atoms with Crippen LogP contribution in [-0.2, 0) is 10.0 Å². The quantitative estimate of drug-likeness (QED) is 0.444. The highest BCUT2D eigenvalue weighted by atomic mass is 35.5. The second-order valence-corrected chi connectivity index (χ2v) is 9.77. The Hall–Kier alpha value is -3.43. The summed E-state index contributed by atoms with van der Waals surface area (Å²) in [6, 6.07) is 12.9. The van der Waals surface area contributed by atoms with Gasteiger partial charge in [-0.05, 0) is 63.1 Å². The maximum atomic E-state index is 13.2. The van der Waals surface area contributed by atoms with E-state index >= 15 is 0 Å². The Kier molecular flexibility index (Phi) is 5.85. The number of nitrogens with one attached hydrogen (secondary N) is 1. The zero-order valence-electron chi connectivity index (χ0n) is 18.4. The average Bonchev–Trinajstić information content (AvgIpc) is 3.09. The van der Waals surface area contributed by atoms with Gasteiger partial charge in [-0.15, -0.1) is 0 Å². The summed E-state index contributed by atoms with van der Waals surface area (Å²) in [5.41, 5.74) is 3.31. The van der Waals surface area contributed by atoms with E-state index in [1.807, 2.05) is 6.92 Å². The molecule has 0 aliphatic rings. The third-order valence-electron chi connectivity index (χ3n) is 5.15. The standard InChI is InChI=1S/C23H21ClN4O4S/c1-13-5-8-20(18(24)11-13)27-33(30,31)21-12-17(7-6-14(21)2)19-9-10-22(29)28(25-19)23-15(3)26-32-16(23)4/h5-12,27H,1-4H3. The summed E-state index contributed by atoms with van der Waals surface area (Å²) in [6.45, 7) is 6.97. The lowest BCUT2D eigenvalue weighted by atomic mass is 10.1. The van der Waals surface area contributed by atoms with Crippen molar-refractivity contribution >= 4 is 27.3 Å². The Morgan fingerprint density at radius 3 is 2.42 bits per heavy atom. The first-order valence-electron chi connectivity index (χ1n) is 10.0. The van der Waals surface area contributed by atoms with Crippen LogP contribution in [0, 0.1) is 27.7 Å². The van der Waals surface area contributed by atoms with Gasteiger partial charge < -0.3 is 4.52 Å². The Morgan fingerprint density at radius 1 is 1.00 bits per heavy atom. The highest BCUT2D eigenvalue weighted by molar-refractivity contribution is 7.92. The number of benzene rings is 2. The van der Waals surface area contributed by atoms with Crippen LogP contribution in [0.4, 0.5) is 5.69 Å². The molecule has 8 nitrogen and oxygen atoms in total. The monoisotopic (exact) mass is 484 g/mol. The molecule has 0 atom stereocenters. The largest absolute Gasteiger partial charge is 0.359 e. The molecule has 0 amide bonds. The summed E-state index contributed by atoms with van der Waals surface area (Å²) in [5.74, 6) is 0.450. The van der Waals surface area contributed by atoms with Crippen molar-refractivity contribution in [1.29, 1.82) is 0 Å². The SMILES string of the molecule is Cc1ccc(NS(=O)(=O)c2cc(-c3ccc(=O)n(-c4c(C)noc4C)n3)ccc2C)c(Cl)c1. The van der Waals surface area contributed by atoms with Gasteiger partial charge >= 0.3 is 0 Å². The van der Waals surface area contributed by atoms with Gasteiger partial charge in [0.1, 0.15) is 11.4 Å². The maximum absolute atomic E-state index is 13.2. The summed E-state index contributed by atoms with van der Waals surface area (Å²) in [6.07, 6.45) is 0. The Balaban J connectivity index is 1.78. The topological polar surface area (TPSA) is 107 Å². The van der Waals surface area contributed by atoms with Crippen molar-refractivity contribution in [3.8, 4) is 16.9 Å². The van der Waals surface area contributed by atoms with Gasteiger partial charge in [0, 0.05) is 11.6 Å². The van der Waals surface area contributed by atoms with Crippen LogP contribution in [-0.4, -0.2) is 23.4 Å². The Bertz CT molecular complexity index is 1520. The first-order chi connectivity index (χ1) is 15.6. The molecule has 2 heterocycles. The molecule has 170 valence electrons. The highest BCUT2D eigenvalue weighted by Gasteiger charge is 2.20. The van der Waals surface area contributed by atoms with E-state index in [-0.39, 0.29) is 16.1 Å². The van der Waals surface area contributed by atoms with E-state index in [0.717, 1.165) is 5.56 Å². The minimum absolute atomic E-state index is 0.0773. The second-order valence-electron chi connectivity index (χ2n) is 7.71. The Morgan fingerprint density at radius 2 is 1.76 bits per heavy atom. The minimum Gasteiger partial charge on any atom is -0.359 e. The fourth-order valence-corrected chi connectivity index (χ4v) is 5.15. The van der Waals surface area contributed by atoms with Gasteiger partial charge in [0.25, 0.3) is 15.6 Å². The number of anilines is 1. The van der Waals surface area contributed by atoms with E-state index in [1.54, 1.807) is 57.2 Å². The van der Waals surface area contributed by atoms with E-state index in [0.29, 0.717) is 39.0 Å². The van der Waals surface area contributed by atoms with E-state index in [9.17, 15) is 13.2 Å². The van der Waals surface area contributed by atoms with Crippen molar-refractivity contribution in [3.05, 3.63) is 86.5 Å². The number of aromatic nitrogens is 3. The molecule has 0 aliphatic carbocycles. The highest BCUT2D eigenvalue weighted by Crippen LogP contribution is 2.29. The molecule has 0 spiro atoms. The van der Waals surface area contributed by atoms with Crippen LogP contribution < -0.4 is 10.3 Å². The number of aryl methyl sites for hydroxylation is 4. The third-order valence-corrected chi connectivity index (χ3v) is 6.97. The van der Waals surface area contributed by atoms with Crippen LogP contribution in [0.15, 0.2) is 62.7 Å². The molecule has 0 unspecified atom stereocenters. The van der Waals surface area contributed by atoms with E-state index in [1.165, 1.54) is 16.8 Å². The molecule has 0 aliphatic heterocycles. The van der Waals surface area contributed by atoms with E-state index < -0.39 is 10.0 Å². The van der Waals surface area contributed by atoms with Crippen LogP contribution in [0.25, 0.3) is 16.9 Å². The molecule has 33 heavy (non-hydrogen) atoms. The summed E-state index contributed by atoms with van der Waals surface area (Å²) < 4.78 is 35.3. The average molecular weight is 485 g/mol. The minimum atomic E-state index is -3.94. The van der Waals surface area contributed by atoms with E-state index in [4.69, 9.17) is 16.1 Å². The van der Waals surface area contributed by atoms with Crippen molar-refractivity contribution in [2.45, 2.75) is 32.6 Å². The molecule has 2 aromatic heterocycles. The fourth-order valence-electron chi connectivity index (χ4n) is 3.46. The molecule has 1 N–H and O–H groups in total. The van der Waals surface area contributed by atoms with Gasteiger partial charge in [-0.3, -0.25) is 9.52 Å². The molecule has 4 rings (SSSR count). The van der Waals surface area contributed by atoms with Crippen LogP contribution in [0.1, 0.15) is 22.6 Å². The van der Waals surface area contributed by atoms with Gasteiger partial charge in [-0.2, -0.15) is 9.78 Å². The molecule has 0 radical (unpaired) electrons. The van der Waals surface area contributed by atoms with Crippen molar-refractivity contribution < 1.29 is 12.9 Å². The smallest absolute Gasteiger partial charge is 0.271 e. The van der Waals surface area contributed by atoms with Crippen LogP contribution >= 0.6 is 11.6 Å². The lowest BCUT2D eigenvalue weighted by molar-refractivity contribution is 0.392. The molecular weight excluding hydrogens is 464 g/mol.